The van der Waals surface area contributed by atoms with Gasteiger partial charge in [-0.05, 0) is 6.92 Å². The van der Waals surface area contributed by atoms with Crippen molar-refractivity contribution in [3.8, 4) is 0 Å². The summed E-state index contributed by atoms with van der Waals surface area (Å²) in [7, 11) is 0. The van der Waals surface area contributed by atoms with Crippen LogP contribution < -0.4 is 0 Å². The maximum absolute atomic E-state index is 2.35. The SMILES string of the molecule is C[CH](C)[Zn][CH](C)C.Cc1ccccc1. The first-order valence-electron chi connectivity index (χ1n) is 5.54. The van der Waals surface area contributed by atoms with Crippen LogP contribution in [0, 0.1) is 6.92 Å². The van der Waals surface area contributed by atoms with Crippen molar-refractivity contribution in [1.82, 2.24) is 0 Å². The first-order valence-corrected chi connectivity index (χ1v) is 8.96. The molecule has 0 saturated heterocycles. The van der Waals surface area contributed by atoms with Gasteiger partial charge in [0.1, 0.15) is 0 Å². The molecule has 0 aromatic heterocycles. The summed E-state index contributed by atoms with van der Waals surface area (Å²) in [4.78, 5) is 0. The maximum Gasteiger partial charge on any atom is -0.0398 e. The molecule has 0 amide bonds. The van der Waals surface area contributed by atoms with Crippen molar-refractivity contribution in [3.63, 3.8) is 0 Å². The van der Waals surface area contributed by atoms with Gasteiger partial charge in [-0.2, -0.15) is 0 Å². The Morgan fingerprint density at radius 3 is 1.43 bits per heavy atom. The Balaban J connectivity index is 0.000000241. The zero-order chi connectivity index (χ0) is 11.0. The predicted molar refractivity (Wildman–Crippen MR) is 61.4 cm³/mol. The minimum absolute atomic E-state index is 0.0972. The van der Waals surface area contributed by atoms with Gasteiger partial charge in [0.25, 0.3) is 0 Å². The molecule has 1 rings (SSSR count). The molecule has 0 fully saturated rings. The Morgan fingerprint density at radius 1 is 0.857 bits per heavy atom. The van der Waals surface area contributed by atoms with Crippen LogP contribution in [0.1, 0.15) is 33.3 Å². The third-order valence-electron chi connectivity index (χ3n) is 1.88. The Hall–Kier alpha value is -0.157. The molecule has 0 radical (unpaired) electrons. The third-order valence-corrected chi connectivity index (χ3v) is 5.84. The summed E-state index contributed by atoms with van der Waals surface area (Å²) in [5.41, 5.74) is 1.32. The van der Waals surface area contributed by atoms with Crippen LogP contribution in [0.5, 0.6) is 0 Å². The van der Waals surface area contributed by atoms with E-state index in [0.29, 0.717) is 0 Å². The summed E-state index contributed by atoms with van der Waals surface area (Å²) >= 11 is -0.0972. The van der Waals surface area contributed by atoms with E-state index < -0.39 is 0 Å². The van der Waals surface area contributed by atoms with E-state index in [1.165, 1.54) is 5.56 Å². The van der Waals surface area contributed by atoms with Crippen LogP contribution >= 0.6 is 0 Å². The standard InChI is InChI=1S/C7H8.2C3H7.Zn/c1-7-5-3-2-4-6-7;2*1-3-2;/h2-6H,1H3;2*3H,1-2H3;. The van der Waals surface area contributed by atoms with Gasteiger partial charge in [-0.15, -0.1) is 0 Å². The van der Waals surface area contributed by atoms with E-state index in [2.05, 4.69) is 46.8 Å². The molecule has 0 aliphatic carbocycles. The van der Waals surface area contributed by atoms with Crippen molar-refractivity contribution in [2.75, 3.05) is 0 Å². The summed E-state index contributed by atoms with van der Waals surface area (Å²) in [6.07, 6.45) is 0. The molecule has 14 heavy (non-hydrogen) atoms. The predicted octanol–water partition coefficient (Wildman–Crippen LogP) is 4.72. The molecule has 0 spiro atoms. The number of aryl methyl sites for hydroxylation is 1. The maximum atomic E-state index is 2.35. The van der Waals surface area contributed by atoms with Crippen LogP contribution in [0.4, 0.5) is 0 Å². The number of hydrogen-bond donors (Lipinski definition) is 0. The largest absolute Gasteiger partial charge is 0.0622 e. The molecular weight excluding hydrogens is 222 g/mol. The molecular formula is C13H22Zn. The van der Waals surface area contributed by atoms with Gasteiger partial charge < -0.3 is 0 Å². The molecule has 0 unspecified atom stereocenters. The molecule has 1 heteroatoms. The molecule has 0 nitrogen and oxygen atoms in total. The van der Waals surface area contributed by atoms with Gasteiger partial charge in [-0.1, -0.05) is 35.9 Å². The second kappa shape index (κ2) is 8.18. The average molecular weight is 244 g/mol. The zero-order valence-electron chi connectivity index (χ0n) is 10.2. The van der Waals surface area contributed by atoms with E-state index in [1.807, 2.05) is 18.2 Å². The molecule has 0 aliphatic heterocycles. The van der Waals surface area contributed by atoms with Crippen LogP contribution in [0.3, 0.4) is 0 Å². The summed E-state index contributed by atoms with van der Waals surface area (Å²) in [5.74, 6) is 0. The van der Waals surface area contributed by atoms with Crippen molar-refractivity contribution in [2.45, 2.75) is 43.6 Å². The first-order chi connectivity index (χ1) is 6.52. The van der Waals surface area contributed by atoms with Gasteiger partial charge in [0, 0.05) is 0 Å². The van der Waals surface area contributed by atoms with Gasteiger partial charge in [0.2, 0.25) is 0 Å². The fourth-order valence-electron chi connectivity index (χ4n) is 1.48. The van der Waals surface area contributed by atoms with Crippen LogP contribution in [0.15, 0.2) is 30.3 Å². The average Bonchev–Trinajstić information content (AvgIpc) is 2.03. The van der Waals surface area contributed by atoms with Gasteiger partial charge >= 0.3 is 53.8 Å². The first kappa shape index (κ1) is 13.8. The zero-order valence-corrected chi connectivity index (χ0v) is 13.2. The Morgan fingerprint density at radius 2 is 1.29 bits per heavy atom. The van der Waals surface area contributed by atoms with Crippen molar-refractivity contribution in [3.05, 3.63) is 35.9 Å². The Labute approximate surface area is 96.7 Å². The molecule has 0 aliphatic rings. The molecule has 0 bridgehead atoms. The van der Waals surface area contributed by atoms with Crippen molar-refractivity contribution in [2.24, 2.45) is 0 Å². The molecule has 0 atom stereocenters. The topological polar surface area (TPSA) is 0 Å². The fraction of sp³-hybridized carbons (Fsp3) is 0.538. The van der Waals surface area contributed by atoms with E-state index in [1.54, 1.807) is 0 Å². The van der Waals surface area contributed by atoms with Crippen molar-refractivity contribution < 1.29 is 17.1 Å². The van der Waals surface area contributed by atoms with Gasteiger partial charge in [0.15, 0.2) is 0 Å². The van der Waals surface area contributed by atoms with Crippen LogP contribution in [-0.4, -0.2) is 0 Å². The van der Waals surface area contributed by atoms with Crippen LogP contribution in [-0.2, 0) is 17.1 Å². The third kappa shape index (κ3) is 9.93. The van der Waals surface area contributed by atoms with Crippen LogP contribution in [0.25, 0.3) is 0 Å². The van der Waals surface area contributed by atoms with Gasteiger partial charge in [-0.25, -0.2) is 0 Å². The van der Waals surface area contributed by atoms with E-state index >= 15 is 0 Å². The second-order valence-corrected chi connectivity index (χ2v) is 12.5. The normalized spacial score (nSPS) is 9.36. The summed E-state index contributed by atoms with van der Waals surface area (Å²) in [5, 5.41) is 0. The molecule has 0 N–H and O–H groups in total. The van der Waals surface area contributed by atoms with Gasteiger partial charge in [0.05, 0.1) is 0 Å². The van der Waals surface area contributed by atoms with Crippen LogP contribution in [0.2, 0.25) is 9.02 Å². The number of rotatable bonds is 2. The quantitative estimate of drug-likeness (QED) is 0.660. The molecule has 1 aromatic rings. The minimum atomic E-state index is -0.0972. The fourth-order valence-corrected chi connectivity index (χ4v) is 5.43. The van der Waals surface area contributed by atoms with Crippen molar-refractivity contribution in [1.29, 1.82) is 0 Å². The molecule has 0 heterocycles. The van der Waals surface area contributed by atoms with E-state index in [0.717, 1.165) is 9.02 Å². The summed E-state index contributed by atoms with van der Waals surface area (Å²) in [6.45, 7) is 11.5. The van der Waals surface area contributed by atoms with E-state index in [-0.39, 0.29) is 17.1 Å². The van der Waals surface area contributed by atoms with E-state index in [4.69, 9.17) is 0 Å². The van der Waals surface area contributed by atoms with Crippen molar-refractivity contribution >= 4 is 0 Å². The Kier molecular flexibility index (Phi) is 8.08. The summed E-state index contributed by atoms with van der Waals surface area (Å²) in [6, 6.07) is 10.3. The monoisotopic (exact) mass is 242 g/mol. The number of hydrogen-bond acceptors (Lipinski definition) is 0. The molecule has 1 aromatic carbocycles. The Bertz CT molecular complexity index is 208. The number of benzene rings is 1. The summed E-state index contributed by atoms with van der Waals surface area (Å²) < 4.78 is 2.12. The smallest absolute Gasteiger partial charge is 0.0398 e. The van der Waals surface area contributed by atoms with E-state index in [9.17, 15) is 0 Å². The minimum Gasteiger partial charge on any atom is -0.0622 e. The molecule has 0 saturated carbocycles. The molecule has 76 valence electrons. The van der Waals surface area contributed by atoms with Gasteiger partial charge in [-0.3, -0.25) is 0 Å². The second-order valence-electron chi connectivity index (χ2n) is 4.68.